The zero-order valence-electron chi connectivity index (χ0n) is 15.0. The van der Waals surface area contributed by atoms with Crippen molar-refractivity contribution in [3.63, 3.8) is 0 Å². The fourth-order valence-corrected chi connectivity index (χ4v) is 3.22. The highest BCUT2D eigenvalue weighted by atomic mass is 35.5. The van der Waals surface area contributed by atoms with Gasteiger partial charge in [-0.1, -0.05) is 42.5 Å². The van der Waals surface area contributed by atoms with E-state index in [1.165, 1.54) is 13.0 Å². The van der Waals surface area contributed by atoms with E-state index in [1.807, 2.05) is 0 Å². The summed E-state index contributed by atoms with van der Waals surface area (Å²) in [7, 11) is 0. The Morgan fingerprint density at radius 1 is 1.15 bits per heavy atom. The number of halogens is 2. The second-order valence-electron chi connectivity index (χ2n) is 6.42. The molecule has 7 nitrogen and oxygen atoms in total. The molecule has 1 aliphatic carbocycles. The van der Waals surface area contributed by atoms with Gasteiger partial charge in [-0.15, -0.1) is 0 Å². The second-order valence-corrected chi connectivity index (χ2v) is 7.27. The zero-order valence-corrected chi connectivity index (χ0v) is 16.5. The van der Waals surface area contributed by atoms with Gasteiger partial charge in [0.15, 0.2) is 6.10 Å². The average Bonchev–Trinajstić information content (AvgIpc) is 2.66. The van der Waals surface area contributed by atoms with Crippen LogP contribution in [0.4, 0.5) is 0 Å². The monoisotopic (exact) mass is 415 g/mol. The quantitative estimate of drug-likeness (QED) is 0.622. The van der Waals surface area contributed by atoms with E-state index in [-0.39, 0.29) is 23.4 Å². The van der Waals surface area contributed by atoms with Crippen LogP contribution in [0.1, 0.15) is 39.0 Å². The number of hydrazine groups is 1. The van der Waals surface area contributed by atoms with E-state index in [0.29, 0.717) is 10.8 Å². The van der Waals surface area contributed by atoms with Crippen molar-refractivity contribution in [3.8, 4) is 5.75 Å². The Balaban J connectivity index is 1.70. The summed E-state index contributed by atoms with van der Waals surface area (Å²) in [5, 5.41) is 3.32. The molecule has 3 amide bonds. The summed E-state index contributed by atoms with van der Waals surface area (Å²) in [4.78, 5) is 35.8. The van der Waals surface area contributed by atoms with Crippen LogP contribution in [0, 0.1) is 5.92 Å². The van der Waals surface area contributed by atoms with Gasteiger partial charge in [0.2, 0.25) is 5.91 Å². The number of hydrogen-bond donors (Lipinski definition) is 3. The molecule has 0 radical (unpaired) electrons. The number of hydrogen-bond acceptors (Lipinski definition) is 4. The lowest BCUT2D eigenvalue weighted by Crippen LogP contribution is -2.50. The molecule has 9 heteroatoms. The van der Waals surface area contributed by atoms with Gasteiger partial charge in [0.05, 0.1) is 11.6 Å². The van der Waals surface area contributed by atoms with Gasteiger partial charge in [0.25, 0.3) is 11.8 Å². The number of rotatable bonds is 6. The average molecular weight is 416 g/mol. The van der Waals surface area contributed by atoms with Crippen LogP contribution in [0.2, 0.25) is 10.0 Å². The largest absolute Gasteiger partial charge is 0.479 e. The Kier molecular flexibility index (Phi) is 8.19. The summed E-state index contributed by atoms with van der Waals surface area (Å²) in [6, 6.07) is 4.64. The maximum absolute atomic E-state index is 12.0. The van der Waals surface area contributed by atoms with Crippen LogP contribution < -0.4 is 20.9 Å². The van der Waals surface area contributed by atoms with Gasteiger partial charge in [0, 0.05) is 10.9 Å². The van der Waals surface area contributed by atoms with Crippen LogP contribution in [0.5, 0.6) is 5.75 Å². The molecular weight excluding hydrogens is 393 g/mol. The minimum absolute atomic E-state index is 0.0290. The van der Waals surface area contributed by atoms with Crippen LogP contribution >= 0.6 is 23.2 Å². The SMILES string of the molecule is CC(Oc1ccc(Cl)cc1Cl)C(=O)NNC(=O)CNC(=O)C1CCCCC1. The third-order valence-corrected chi connectivity index (χ3v) is 4.82. The van der Waals surface area contributed by atoms with Gasteiger partial charge in [-0.3, -0.25) is 25.2 Å². The summed E-state index contributed by atoms with van der Waals surface area (Å²) < 4.78 is 5.45. The van der Waals surface area contributed by atoms with E-state index in [2.05, 4.69) is 16.2 Å². The van der Waals surface area contributed by atoms with E-state index in [9.17, 15) is 14.4 Å². The Labute approximate surface area is 168 Å². The number of carbonyl (C=O) groups excluding carboxylic acids is 3. The van der Waals surface area contributed by atoms with Crippen LogP contribution in [-0.2, 0) is 14.4 Å². The summed E-state index contributed by atoms with van der Waals surface area (Å²) >= 11 is 11.8. The number of carbonyl (C=O) groups is 3. The fourth-order valence-electron chi connectivity index (χ4n) is 2.77. The van der Waals surface area contributed by atoms with Crippen LogP contribution in [0.15, 0.2) is 18.2 Å². The lowest BCUT2D eigenvalue weighted by Gasteiger charge is -2.20. The molecule has 1 aromatic carbocycles. The first-order chi connectivity index (χ1) is 12.9. The second kappa shape index (κ2) is 10.4. The van der Waals surface area contributed by atoms with Crippen molar-refractivity contribution < 1.29 is 19.1 Å². The van der Waals surface area contributed by atoms with Crippen LogP contribution in [0.3, 0.4) is 0 Å². The molecule has 0 spiro atoms. The molecule has 1 unspecified atom stereocenters. The molecule has 2 rings (SSSR count). The standard InChI is InChI=1S/C18H23Cl2N3O4/c1-11(27-15-8-7-13(19)9-14(15)20)17(25)23-22-16(24)10-21-18(26)12-5-3-2-4-6-12/h7-9,11-12H,2-6,10H2,1H3,(H,21,26)(H,22,24)(H,23,25). The van der Waals surface area contributed by atoms with Crippen LogP contribution in [-0.4, -0.2) is 30.4 Å². The first kappa shape index (κ1) is 21.3. The minimum atomic E-state index is -0.902. The number of benzene rings is 1. The van der Waals surface area contributed by atoms with Gasteiger partial charge in [-0.25, -0.2) is 0 Å². The van der Waals surface area contributed by atoms with Crippen molar-refractivity contribution in [3.05, 3.63) is 28.2 Å². The Morgan fingerprint density at radius 2 is 1.85 bits per heavy atom. The zero-order chi connectivity index (χ0) is 19.8. The summed E-state index contributed by atoms with van der Waals surface area (Å²) in [5.41, 5.74) is 4.50. The molecule has 1 fully saturated rings. The highest BCUT2D eigenvalue weighted by Crippen LogP contribution is 2.28. The third kappa shape index (κ3) is 6.92. The van der Waals surface area contributed by atoms with Gasteiger partial charge < -0.3 is 10.1 Å². The predicted molar refractivity (Wildman–Crippen MR) is 102 cm³/mol. The Bertz CT molecular complexity index is 693. The van der Waals surface area contributed by atoms with E-state index in [0.717, 1.165) is 32.1 Å². The first-order valence-electron chi connectivity index (χ1n) is 8.85. The molecule has 0 saturated heterocycles. The highest BCUT2D eigenvalue weighted by molar-refractivity contribution is 6.35. The van der Waals surface area contributed by atoms with Crippen molar-refractivity contribution in [1.82, 2.24) is 16.2 Å². The fraction of sp³-hybridized carbons (Fsp3) is 0.500. The van der Waals surface area contributed by atoms with Crippen molar-refractivity contribution >= 4 is 40.9 Å². The van der Waals surface area contributed by atoms with E-state index >= 15 is 0 Å². The van der Waals surface area contributed by atoms with Crippen molar-refractivity contribution in [2.24, 2.45) is 5.92 Å². The molecule has 0 aromatic heterocycles. The number of ether oxygens (including phenoxy) is 1. The van der Waals surface area contributed by atoms with Gasteiger partial charge >= 0.3 is 0 Å². The Morgan fingerprint density at radius 3 is 2.52 bits per heavy atom. The minimum Gasteiger partial charge on any atom is -0.479 e. The smallest absolute Gasteiger partial charge is 0.279 e. The predicted octanol–water partition coefficient (Wildman–Crippen LogP) is 2.60. The molecule has 1 aliphatic rings. The molecule has 1 atom stereocenters. The lowest BCUT2D eigenvalue weighted by atomic mass is 9.89. The van der Waals surface area contributed by atoms with Gasteiger partial charge in [-0.2, -0.15) is 0 Å². The van der Waals surface area contributed by atoms with E-state index in [4.69, 9.17) is 27.9 Å². The van der Waals surface area contributed by atoms with Gasteiger partial charge in [-0.05, 0) is 38.0 Å². The summed E-state index contributed by atoms with van der Waals surface area (Å²) in [6.45, 7) is 1.31. The maximum Gasteiger partial charge on any atom is 0.279 e. The summed E-state index contributed by atoms with van der Waals surface area (Å²) in [5.74, 6) is -0.934. The third-order valence-electron chi connectivity index (χ3n) is 4.29. The lowest BCUT2D eigenvalue weighted by molar-refractivity contribution is -0.133. The molecule has 148 valence electrons. The van der Waals surface area contributed by atoms with Gasteiger partial charge in [0.1, 0.15) is 5.75 Å². The molecule has 0 aliphatic heterocycles. The van der Waals surface area contributed by atoms with Crippen molar-refractivity contribution in [1.29, 1.82) is 0 Å². The van der Waals surface area contributed by atoms with Crippen molar-refractivity contribution in [2.75, 3.05) is 6.54 Å². The highest BCUT2D eigenvalue weighted by Gasteiger charge is 2.21. The summed E-state index contributed by atoms with van der Waals surface area (Å²) in [6.07, 6.45) is 4.03. The molecule has 1 aromatic rings. The van der Waals surface area contributed by atoms with Crippen LogP contribution in [0.25, 0.3) is 0 Å². The molecule has 1 saturated carbocycles. The normalized spacial score (nSPS) is 15.5. The first-order valence-corrected chi connectivity index (χ1v) is 9.60. The molecule has 3 N–H and O–H groups in total. The van der Waals surface area contributed by atoms with E-state index in [1.54, 1.807) is 12.1 Å². The Hall–Kier alpha value is -1.99. The molecular formula is C18H23Cl2N3O4. The maximum atomic E-state index is 12.0. The van der Waals surface area contributed by atoms with Crippen molar-refractivity contribution in [2.45, 2.75) is 45.1 Å². The molecule has 0 heterocycles. The number of nitrogens with one attached hydrogen (secondary N) is 3. The molecule has 0 bridgehead atoms. The molecule has 27 heavy (non-hydrogen) atoms. The number of amides is 3. The van der Waals surface area contributed by atoms with E-state index < -0.39 is 17.9 Å². The topological polar surface area (TPSA) is 96.5 Å².